The molecule has 438 valence electrons. The van der Waals surface area contributed by atoms with Crippen molar-refractivity contribution < 1.29 is 37.3 Å². The van der Waals surface area contributed by atoms with E-state index in [1.165, 1.54) is 33.6 Å². The summed E-state index contributed by atoms with van der Waals surface area (Å²) in [4.78, 5) is 38.6. The van der Waals surface area contributed by atoms with Crippen LogP contribution in [0.2, 0.25) is 45.9 Å². The van der Waals surface area contributed by atoms with E-state index >= 15 is 0 Å². The maximum Gasteiger partial charge on any atom is 0.359 e. The van der Waals surface area contributed by atoms with Crippen molar-refractivity contribution in [1.29, 1.82) is 0 Å². The molecule has 0 unspecified atom stereocenters. The summed E-state index contributed by atoms with van der Waals surface area (Å²) in [7, 11) is 0. The Labute approximate surface area is 515 Å². The zero-order valence-corrected chi connectivity index (χ0v) is 51.3. The largest absolute Gasteiger partial charge is 0.461 e. The van der Waals surface area contributed by atoms with Crippen LogP contribution in [-0.4, -0.2) is 102 Å². The number of rotatable bonds is 9. The molecule has 1 aliphatic carbocycles. The second-order valence-corrected chi connectivity index (χ2v) is 20.4. The van der Waals surface area contributed by atoms with Crippen LogP contribution < -0.4 is 5.73 Å². The molecular formula is C50H52Cl10F3N13O5. The Morgan fingerprint density at radius 3 is 1.35 bits per heavy atom. The van der Waals surface area contributed by atoms with E-state index in [1.54, 1.807) is 88.4 Å². The number of nitrogens with two attached hydrogens (primary N) is 1. The molecule has 1 aliphatic rings. The first-order valence-electron chi connectivity index (χ1n) is 23.5. The predicted molar refractivity (Wildman–Crippen MR) is 312 cm³/mol. The molecule has 8 heterocycles. The molecule has 81 heavy (non-hydrogen) atoms. The predicted octanol–water partition coefficient (Wildman–Crippen LogP) is 14.7. The van der Waals surface area contributed by atoms with Crippen molar-refractivity contribution in [3.63, 3.8) is 0 Å². The van der Waals surface area contributed by atoms with Gasteiger partial charge in [-0.1, -0.05) is 104 Å². The van der Waals surface area contributed by atoms with Gasteiger partial charge in [-0.2, -0.15) is 20.4 Å². The van der Waals surface area contributed by atoms with E-state index in [1.807, 2.05) is 6.92 Å². The average Bonchev–Trinajstić information content (AvgIpc) is 4.26. The number of aromatic amines is 1. The Morgan fingerprint density at radius 1 is 0.617 bits per heavy atom. The van der Waals surface area contributed by atoms with Crippen LogP contribution in [0, 0.1) is 27.7 Å². The van der Waals surface area contributed by atoms with Gasteiger partial charge in [-0.3, -0.25) is 5.10 Å². The fourth-order valence-corrected chi connectivity index (χ4v) is 8.62. The Kier molecular flexibility index (Phi) is 29.4. The van der Waals surface area contributed by atoms with Gasteiger partial charge in [0.05, 0.1) is 37.4 Å². The van der Waals surface area contributed by atoms with Crippen molar-refractivity contribution in [2.45, 2.75) is 92.5 Å². The molecule has 0 amide bonds. The molecule has 0 atom stereocenters. The van der Waals surface area contributed by atoms with Crippen LogP contribution in [0.5, 0.6) is 0 Å². The van der Waals surface area contributed by atoms with Gasteiger partial charge in [0.1, 0.15) is 38.1 Å². The zero-order chi connectivity index (χ0) is 59.4. The first-order chi connectivity index (χ1) is 37.7. The lowest BCUT2D eigenvalue weighted by Gasteiger charge is -2.25. The van der Waals surface area contributed by atoms with E-state index in [-0.39, 0.29) is 59.9 Å². The smallest absolute Gasteiger partial charge is 0.359 e. The molecule has 0 bridgehead atoms. The number of H-pyrrole nitrogens is 1. The highest BCUT2D eigenvalue weighted by molar-refractivity contribution is 6.37. The molecule has 31 heteroatoms. The van der Waals surface area contributed by atoms with Gasteiger partial charge in [-0.05, 0) is 95.8 Å². The third kappa shape index (κ3) is 23.3. The molecule has 0 radical (unpaired) electrons. The van der Waals surface area contributed by atoms with Crippen LogP contribution >= 0.6 is 117 Å². The first kappa shape index (κ1) is 70.3. The van der Waals surface area contributed by atoms with E-state index in [0.717, 1.165) is 16.7 Å². The molecule has 4 N–H and O–H groups in total. The van der Waals surface area contributed by atoms with Crippen LogP contribution in [0.15, 0.2) is 73.3 Å². The van der Waals surface area contributed by atoms with Gasteiger partial charge in [0, 0.05) is 86.9 Å². The number of esters is 2. The second kappa shape index (κ2) is 33.9. The van der Waals surface area contributed by atoms with Crippen molar-refractivity contribution in [3.05, 3.63) is 164 Å². The maximum absolute atomic E-state index is 12.5. The van der Waals surface area contributed by atoms with Crippen LogP contribution in [0.25, 0.3) is 17.5 Å². The molecule has 0 spiro atoms. The number of carbonyl (C=O) groups excluding carboxylic acids is 2. The highest BCUT2D eigenvalue weighted by atomic mass is 35.5. The number of aliphatic hydroxyl groups excluding tert-OH is 1. The highest BCUT2D eigenvalue weighted by Crippen LogP contribution is 2.32. The van der Waals surface area contributed by atoms with Crippen molar-refractivity contribution >= 4 is 129 Å². The molecule has 18 nitrogen and oxygen atoms in total. The SMILES string of the molecule is CCOC(=O)c1[nH]ncc1C.CCOC(=O)c1nn(-c2cc(Cl)cc(Cl)n2)cc1C.Cc1cn(-c2cc(Cl)cc(Cl)n2)nc1CF.Cc1cn(-c2cc(Cl)cc(Cl)n2)nc1CO.Cl.Clc1cc(Cl)nc(Cl)c1.NC1CCC(F)(F)CC1. The Balaban J connectivity index is 0.000000260. The normalized spacial score (nSPS) is 12.2. The Morgan fingerprint density at radius 2 is 1.00 bits per heavy atom. The van der Waals surface area contributed by atoms with Crippen molar-refractivity contribution in [2.75, 3.05) is 13.2 Å². The summed E-state index contributed by atoms with van der Waals surface area (Å²) in [5.74, 6) is -1.79. The zero-order valence-electron chi connectivity index (χ0n) is 43.7. The number of aliphatic hydroxyl groups is 1. The fraction of sp³-hybridized carbons (Fsp3) is 0.320. The number of pyridine rings is 4. The summed E-state index contributed by atoms with van der Waals surface area (Å²) in [5.41, 5.74) is 10.3. The summed E-state index contributed by atoms with van der Waals surface area (Å²) in [6.07, 6.45) is 7.63. The number of alkyl halides is 3. The lowest BCUT2D eigenvalue weighted by molar-refractivity contribution is -0.0375. The summed E-state index contributed by atoms with van der Waals surface area (Å²) < 4.78 is 51.3. The van der Waals surface area contributed by atoms with E-state index in [2.05, 4.69) is 45.4 Å². The van der Waals surface area contributed by atoms with E-state index in [0.29, 0.717) is 102 Å². The van der Waals surface area contributed by atoms with Crippen molar-refractivity contribution in [2.24, 2.45) is 5.73 Å². The number of nitrogens with zero attached hydrogens (tertiary/aromatic N) is 11. The van der Waals surface area contributed by atoms with Gasteiger partial charge in [0.25, 0.3) is 0 Å². The summed E-state index contributed by atoms with van der Waals surface area (Å²) in [6, 6.07) is 12.5. The molecule has 0 saturated heterocycles. The molecule has 1 fully saturated rings. The Bertz CT molecular complexity index is 3110. The van der Waals surface area contributed by atoms with Crippen LogP contribution in [0.4, 0.5) is 13.2 Å². The second-order valence-electron chi connectivity index (χ2n) is 16.7. The molecule has 1 saturated carbocycles. The highest BCUT2D eigenvalue weighted by Gasteiger charge is 2.33. The number of aryl methyl sites for hydroxylation is 4. The van der Waals surface area contributed by atoms with Gasteiger partial charge in [0.2, 0.25) is 5.92 Å². The minimum atomic E-state index is -2.42. The van der Waals surface area contributed by atoms with E-state index in [4.69, 9.17) is 125 Å². The number of hydrogen-bond acceptors (Lipinski definition) is 14. The van der Waals surface area contributed by atoms with Gasteiger partial charge in [0.15, 0.2) is 23.1 Å². The molecular weight excluding hydrogens is 1270 g/mol. The van der Waals surface area contributed by atoms with Gasteiger partial charge in [-0.25, -0.2) is 56.7 Å². The number of ether oxygens (including phenoxy) is 2. The number of halogens is 13. The Hall–Kier alpha value is -5.01. The number of nitrogens with one attached hydrogen (secondary N) is 1. The molecule has 9 rings (SSSR count). The van der Waals surface area contributed by atoms with Crippen LogP contribution in [-0.2, 0) is 22.8 Å². The van der Waals surface area contributed by atoms with Gasteiger partial charge in [-0.15, -0.1) is 12.4 Å². The van der Waals surface area contributed by atoms with Gasteiger partial charge < -0.3 is 20.3 Å². The lowest BCUT2D eigenvalue weighted by Crippen LogP contribution is -2.32. The summed E-state index contributed by atoms with van der Waals surface area (Å²) in [5, 5.41) is 31.0. The van der Waals surface area contributed by atoms with E-state index < -0.39 is 18.6 Å². The minimum Gasteiger partial charge on any atom is -0.461 e. The third-order valence-electron chi connectivity index (χ3n) is 10.4. The van der Waals surface area contributed by atoms with Crippen LogP contribution in [0.3, 0.4) is 0 Å². The number of hydrogen-bond donors (Lipinski definition) is 3. The standard InChI is InChI=1S/C12H11Cl2N3O2.C10H8Cl2FN3.C10H9Cl2N3O.C7H10N2O2.C6H11F2N.C5H2Cl3N.ClH/c1-3-19-12(18)11-7(2)6-17(16-11)10-5-8(13)4-9(14)15-10;1-6-5-16(15-8(6)4-13)10-3-7(11)2-9(12)14-10;1-6-4-15(14-8(6)5-16)10-3-7(11)2-9(12)13-10;1-3-11-7(10)6-5(2)4-8-9-6;7-6(8)3-1-5(9)2-4-6;6-3-1-4(7)9-5(8)2-3;/h4-6H,3H2,1-2H3;2-3,5H,4H2,1H3;2-4,16H,5H2,1H3;4H,3H2,1-2H3,(H,8,9);5H,1-4,9H2;1-2H;1H. The molecule has 8 aromatic rings. The fourth-order valence-electron chi connectivity index (χ4n) is 6.46. The lowest BCUT2D eigenvalue weighted by atomic mass is 9.93. The number of carbonyl (C=O) groups is 2. The van der Waals surface area contributed by atoms with Crippen molar-refractivity contribution in [3.8, 4) is 17.5 Å². The monoisotopic (exact) mass is 1320 g/mol. The quantitative estimate of drug-likeness (QED) is 0.0901. The average molecular weight is 1330 g/mol. The first-order valence-corrected chi connectivity index (χ1v) is 26.9. The molecule has 0 aromatic carbocycles. The number of aromatic nitrogens is 12. The third-order valence-corrected chi connectivity index (χ3v) is 12.2. The summed E-state index contributed by atoms with van der Waals surface area (Å²) in [6.45, 7) is 10.7. The van der Waals surface area contributed by atoms with Gasteiger partial charge >= 0.3 is 11.9 Å². The van der Waals surface area contributed by atoms with E-state index in [9.17, 15) is 22.8 Å². The topological polar surface area (TPSA) is 233 Å². The molecule has 0 aliphatic heterocycles. The van der Waals surface area contributed by atoms with Crippen LogP contribution in [0.1, 0.15) is 94.1 Å². The maximum atomic E-state index is 12.5. The minimum absolute atomic E-state index is 0. The summed E-state index contributed by atoms with van der Waals surface area (Å²) >= 11 is 51.5. The molecule has 8 aromatic heterocycles. The van der Waals surface area contributed by atoms with Crippen molar-refractivity contribution in [1.82, 2.24) is 59.5 Å².